The van der Waals surface area contributed by atoms with E-state index >= 15 is 0 Å². The van der Waals surface area contributed by atoms with Gasteiger partial charge in [0.2, 0.25) is 0 Å². The van der Waals surface area contributed by atoms with Gasteiger partial charge in [-0.05, 0) is 37.9 Å². The van der Waals surface area contributed by atoms with Gasteiger partial charge in [0.15, 0.2) is 14.6 Å². The second-order valence-corrected chi connectivity index (χ2v) is 17.5. The van der Waals surface area contributed by atoms with Crippen LogP contribution < -0.4 is 0 Å². The fourth-order valence-electron chi connectivity index (χ4n) is 6.61. The lowest BCUT2D eigenvalue weighted by Crippen LogP contribution is -2.71. The summed E-state index contributed by atoms with van der Waals surface area (Å²) in [5.74, 6) is 0.432. The maximum absolute atomic E-state index is 14.0. The molecular weight excluding hydrogens is 436 g/mol. The van der Waals surface area contributed by atoms with Gasteiger partial charge in [0.1, 0.15) is 12.6 Å². The molecule has 1 unspecified atom stereocenters. The molecule has 33 heavy (non-hydrogen) atoms. The van der Waals surface area contributed by atoms with Gasteiger partial charge in [-0.3, -0.25) is 4.79 Å². The van der Waals surface area contributed by atoms with E-state index in [4.69, 9.17) is 23.4 Å². The summed E-state index contributed by atoms with van der Waals surface area (Å²) in [5.41, 5.74) is -1.22. The van der Waals surface area contributed by atoms with Crippen molar-refractivity contribution >= 4 is 14.1 Å². The van der Waals surface area contributed by atoms with Crippen LogP contribution in [0.1, 0.15) is 74.1 Å². The lowest BCUT2D eigenvalue weighted by molar-refractivity contribution is -0.290. The molecule has 0 bridgehead atoms. The van der Waals surface area contributed by atoms with Crippen molar-refractivity contribution in [2.75, 3.05) is 27.1 Å². The number of carbonyl (C=O) groups excluding carboxylic acids is 1. The Morgan fingerprint density at radius 3 is 2.36 bits per heavy atom. The minimum atomic E-state index is -2.02. The molecular formula is C26H48O6Si. The molecule has 0 aromatic rings. The lowest BCUT2D eigenvalue weighted by atomic mass is 9.40. The molecule has 3 aliphatic rings. The van der Waals surface area contributed by atoms with Crippen LogP contribution in [0.2, 0.25) is 18.1 Å². The monoisotopic (exact) mass is 484 g/mol. The summed E-state index contributed by atoms with van der Waals surface area (Å²) in [4.78, 5) is 14.0. The molecule has 7 atom stereocenters. The van der Waals surface area contributed by atoms with E-state index in [1.165, 1.54) is 0 Å². The number of fused-ring (bicyclic) bond motifs is 3. The summed E-state index contributed by atoms with van der Waals surface area (Å²) in [6, 6.07) is 0. The van der Waals surface area contributed by atoms with E-state index in [2.05, 4.69) is 54.6 Å². The van der Waals surface area contributed by atoms with Crippen LogP contribution >= 0.6 is 0 Å². The number of rotatable bonds is 7. The maximum atomic E-state index is 14.0. The van der Waals surface area contributed by atoms with E-state index in [1.807, 2.05) is 6.92 Å². The van der Waals surface area contributed by atoms with Gasteiger partial charge in [0.25, 0.3) is 0 Å². The van der Waals surface area contributed by atoms with Crippen molar-refractivity contribution in [3.8, 4) is 0 Å². The van der Waals surface area contributed by atoms with Gasteiger partial charge in [0.05, 0.1) is 18.8 Å². The van der Waals surface area contributed by atoms with E-state index in [0.717, 1.165) is 12.8 Å². The van der Waals surface area contributed by atoms with Gasteiger partial charge < -0.3 is 23.4 Å². The molecule has 6 nitrogen and oxygen atoms in total. The summed E-state index contributed by atoms with van der Waals surface area (Å²) >= 11 is 0. The molecule has 192 valence electrons. The number of hydrogen-bond acceptors (Lipinski definition) is 6. The Morgan fingerprint density at radius 1 is 1.12 bits per heavy atom. The highest BCUT2D eigenvalue weighted by molar-refractivity contribution is 6.74. The van der Waals surface area contributed by atoms with E-state index in [9.17, 15) is 4.79 Å². The van der Waals surface area contributed by atoms with Crippen molar-refractivity contribution in [3.63, 3.8) is 0 Å². The standard InChI is InChI=1S/C26H48O6Si/c1-11-29-21-15-25(6)19(27)14-24(5)20(32-33(9,10)23(2,3)4)13-12-18(31-17-28-8)22(24)26(25,7)16-30-21/h18,20-22H,11-17H2,1-10H3/t18-,20-,21?,22+,24+,25-,26+/m1/s1. The molecule has 3 rings (SSSR count). The normalized spacial score (nSPS) is 42.1. The summed E-state index contributed by atoms with van der Waals surface area (Å²) in [7, 11) is -0.357. The molecule has 0 aromatic carbocycles. The van der Waals surface area contributed by atoms with E-state index in [1.54, 1.807) is 7.11 Å². The van der Waals surface area contributed by atoms with Crippen LogP contribution in [0.3, 0.4) is 0 Å². The molecule has 0 radical (unpaired) electrons. The zero-order chi connectivity index (χ0) is 24.9. The summed E-state index contributed by atoms with van der Waals surface area (Å²) in [6.45, 7) is 21.4. The predicted octanol–water partition coefficient (Wildman–Crippen LogP) is 5.55. The maximum Gasteiger partial charge on any atom is 0.192 e. The van der Waals surface area contributed by atoms with Crippen LogP contribution in [-0.2, 0) is 28.2 Å². The van der Waals surface area contributed by atoms with Crippen LogP contribution in [0.25, 0.3) is 0 Å². The molecule has 3 fully saturated rings. The largest absolute Gasteiger partial charge is 0.413 e. The fourth-order valence-corrected chi connectivity index (χ4v) is 8.06. The Bertz CT molecular complexity index is 720. The van der Waals surface area contributed by atoms with Gasteiger partial charge >= 0.3 is 0 Å². The van der Waals surface area contributed by atoms with Crippen molar-refractivity contribution < 1.29 is 28.2 Å². The molecule has 2 aliphatic carbocycles. The zero-order valence-electron chi connectivity index (χ0n) is 22.7. The van der Waals surface area contributed by atoms with E-state index < -0.39 is 13.7 Å². The highest BCUT2D eigenvalue weighted by atomic mass is 28.4. The molecule has 0 spiro atoms. The average Bonchev–Trinajstić information content (AvgIpc) is 2.69. The van der Waals surface area contributed by atoms with Crippen LogP contribution in [-0.4, -0.2) is 59.7 Å². The number of ether oxygens (including phenoxy) is 4. The average molecular weight is 485 g/mol. The first-order chi connectivity index (χ1) is 15.2. The minimum absolute atomic E-state index is 0.00103. The number of carbonyl (C=O) groups is 1. The first-order valence-electron chi connectivity index (χ1n) is 12.7. The van der Waals surface area contributed by atoms with Crippen molar-refractivity contribution in [3.05, 3.63) is 0 Å². The minimum Gasteiger partial charge on any atom is -0.413 e. The summed E-state index contributed by atoms with van der Waals surface area (Å²) in [6.07, 6.45) is 2.60. The zero-order valence-corrected chi connectivity index (χ0v) is 23.7. The van der Waals surface area contributed by atoms with Crippen molar-refractivity contribution in [2.45, 2.75) is 111 Å². The molecule has 2 saturated carbocycles. The van der Waals surface area contributed by atoms with Crippen LogP contribution in [0.5, 0.6) is 0 Å². The van der Waals surface area contributed by atoms with Gasteiger partial charge in [-0.25, -0.2) is 0 Å². The first-order valence-corrected chi connectivity index (χ1v) is 15.6. The Balaban J connectivity index is 2.04. The number of ketones is 1. The van der Waals surface area contributed by atoms with E-state index in [0.29, 0.717) is 31.8 Å². The highest BCUT2D eigenvalue weighted by Gasteiger charge is 2.70. The number of Topliss-reactive ketones (excluding diaryl/α,β-unsaturated/α-hetero) is 1. The quantitative estimate of drug-likeness (QED) is 0.349. The third-order valence-electron chi connectivity index (χ3n) is 9.77. The van der Waals surface area contributed by atoms with Crippen molar-refractivity contribution in [1.29, 1.82) is 0 Å². The Morgan fingerprint density at radius 2 is 1.79 bits per heavy atom. The molecule has 0 N–H and O–H groups in total. The Labute approximate surface area is 202 Å². The molecule has 0 amide bonds. The number of methoxy groups -OCH3 is 1. The molecule has 7 heteroatoms. The van der Waals surface area contributed by atoms with Gasteiger partial charge in [-0.15, -0.1) is 0 Å². The SMILES string of the molecule is CCOC1C[C@]2(C)C(=O)C[C@@]3(C)[C@H](O[Si](C)(C)C(C)(C)C)CC[C@@H](OCOC)[C@@H]3[C@]2(C)CO1. The number of hydrogen-bond donors (Lipinski definition) is 0. The Hall–Kier alpha value is -0.313. The topological polar surface area (TPSA) is 63.2 Å². The van der Waals surface area contributed by atoms with Gasteiger partial charge in [-0.1, -0.05) is 41.5 Å². The summed E-state index contributed by atoms with van der Waals surface area (Å²) < 4.78 is 30.8. The molecule has 1 aliphatic heterocycles. The van der Waals surface area contributed by atoms with E-state index in [-0.39, 0.29) is 47.1 Å². The lowest BCUT2D eigenvalue weighted by Gasteiger charge is -2.67. The van der Waals surface area contributed by atoms with Gasteiger partial charge in [-0.2, -0.15) is 0 Å². The highest BCUT2D eigenvalue weighted by Crippen LogP contribution is 2.67. The fraction of sp³-hybridized carbons (Fsp3) is 0.962. The summed E-state index contributed by atoms with van der Waals surface area (Å²) in [5, 5.41) is 0.109. The molecule has 0 aromatic heterocycles. The van der Waals surface area contributed by atoms with Gasteiger partial charge in [0, 0.05) is 48.7 Å². The Kier molecular flexibility index (Phi) is 7.68. The smallest absolute Gasteiger partial charge is 0.192 e. The van der Waals surface area contributed by atoms with Crippen LogP contribution in [0, 0.1) is 22.2 Å². The second-order valence-electron chi connectivity index (χ2n) is 12.8. The first kappa shape index (κ1) is 27.3. The van der Waals surface area contributed by atoms with Crippen molar-refractivity contribution in [1.82, 2.24) is 0 Å². The van der Waals surface area contributed by atoms with Crippen molar-refractivity contribution in [2.24, 2.45) is 22.2 Å². The molecule has 1 saturated heterocycles. The third-order valence-corrected chi connectivity index (χ3v) is 14.3. The van der Waals surface area contributed by atoms with Crippen LogP contribution in [0.15, 0.2) is 0 Å². The second kappa shape index (κ2) is 9.29. The van der Waals surface area contributed by atoms with Crippen LogP contribution in [0.4, 0.5) is 0 Å². The molecule has 1 heterocycles. The predicted molar refractivity (Wildman–Crippen MR) is 131 cm³/mol. The third kappa shape index (κ3) is 4.51.